The smallest absolute Gasteiger partial charge is 0.161 e. The summed E-state index contributed by atoms with van der Waals surface area (Å²) in [5, 5.41) is 13.8. The molecule has 1 aromatic carbocycles. The lowest BCUT2D eigenvalue weighted by atomic mass is 10.0. The molecule has 2 atom stereocenters. The average molecular weight is 478 g/mol. The standard InChI is InChI=1S/C27H37N5O.C2H6/c1-8-12-24(19(4)33)30-27-23(25(28-5)13-9-2)17-29-26(31-27)22-15-11-14-21(16-22)20(10-3)18-32(6)7;1-2/h9-11,13-19,24,33H,3,8,12H2,1-2,4-7H3,(H,29,30,31);1-2H3/b13-9-,20-18+,28-25?;. The summed E-state index contributed by atoms with van der Waals surface area (Å²) in [5.74, 6) is 1.27. The van der Waals surface area contributed by atoms with Gasteiger partial charge in [-0.25, -0.2) is 9.97 Å². The van der Waals surface area contributed by atoms with Crippen molar-refractivity contribution >= 4 is 17.1 Å². The highest BCUT2D eigenvalue weighted by atomic mass is 16.3. The van der Waals surface area contributed by atoms with Crippen molar-refractivity contribution in [1.82, 2.24) is 14.9 Å². The van der Waals surface area contributed by atoms with E-state index in [1.807, 2.05) is 82.4 Å². The minimum atomic E-state index is -0.519. The van der Waals surface area contributed by atoms with E-state index in [9.17, 15) is 5.11 Å². The summed E-state index contributed by atoms with van der Waals surface area (Å²) in [4.78, 5) is 15.9. The number of hydrogen-bond donors (Lipinski definition) is 2. The van der Waals surface area contributed by atoms with E-state index < -0.39 is 6.10 Å². The van der Waals surface area contributed by atoms with Crippen LogP contribution < -0.4 is 5.32 Å². The Bertz CT molecular complexity index is 1020. The molecule has 2 N–H and O–H groups in total. The Morgan fingerprint density at radius 1 is 1.29 bits per heavy atom. The second kappa shape index (κ2) is 15.6. The number of anilines is 1. The summed E-state index contributed by atoms with van der Waals surface area (Å²) in [5.41, 5.74) is 4.54. The highest BCUT2D eigenvalue weighted by molar-refractivity contribution is 6.11. The van der Waals surface area contributed by atoms with Crippen LogP contribution >= 0.6 is 0 Å². The molecule has 0 fully saturated rings. The van der Waals surface area contributed by atoms with Crippen LogP contribution in [0.5, 0.6) is 0 Å². The molecular formula is C29H43N5O. The molecule has 6 nitrogen and oxygen atoms in total. The molecule has 0 amide bonds. The molecule has 0 spiro atoms. The number of aliphatic imine (C=N–C) groups is 1. The van der Waals surface area contributed by atoms with E-state index in [-0.39, 0.29) is 6.04 Å². The number of nitrogens with one attached hydrogen (secondary N) is 1. The number of rotatable bonds is 11. The SMILES string of the molecule is C=C/C(=C\N(C)C)c1cccc(-c2ncc(C(/C=C\C)=NC)c(NC(CCC)C(C)O)n2)c1.CC. The minimum Gasteiger partial charge on any atom is -0.391 e. The van der Waals surface area contributed by atoms with Crippen molar-refractivity contribution in [2.75, 3.05) is 26.5 Å². The lowest BCUT2D eigenvalue weighted by molar-refractivity contribution is 0.167. The molecule has 2 unspecified atom stereocenters. The summed E-state index contributed by atoms with van der Waals surface area (Å²) in [7, 11) is 5.72. The van der Waals surface area contributed by atoms with Gasteiger partial charge in [0, 0.05) is 39.1 Å². The van der Waals surface area contributed by atoms with Crippen LogP contribution in [0.15, 0.2) is 66.5 Å². The third-order valence-electron chi connectivity index (χ3n) is 5.21. The van der Waals surface area contributed by atoms with Gasteiger partial charge in [-0.2, -0.15) is 0 Å². The van der Waals surface area contributed by atoms with Gasteiger partial charge >= 0.3 is 0 Å². The summed E-state index contributed by atoms with van der Waals surface area (Å²) in [6.45, 7) is 13.8. The quantitative estimate of drug-likeness (QED) is 0.297. The van der Waals surface area contributed by atoms with E-state index in [1.54, 1.807) is 20.2 Å². The predicted molar refractivity (Wildman–Crippen MR) is 152 cm³/mol. The molecule has 190 valence electrons. The van der Waals surface area contributed by atoms with Gasteiger partial charge in [-0.05, 0) is 43.5 Å². The van der Waals surface area contributed by atoms with Crippen molar-refractivity contribution in [3.63, 3.8) is 0 Å². The maximum Gasteiger partial charge on any atom is 0.161 e. The van der Waals surface area contributed by atoms with Crippen LogP contribution in [0.1, 0.15) is 58.6 Å². The van der Waals surface area contributed by atoms with E-state index in [0.29, 0.717) is 11.6 Å². The second-order valence-electron chi connectivity index (χ2n) is 8.18. The van der Waals surface area contributed by atoms with E-state index in [1.165, 1.54) is 0 Å². The lowest BCUT2D eigenvalue weighted by Crippen LogP contribution is -2.32. The molecule has 1 heterocycles. The fourth-order valence-electron chi connectivity index (χ4n) is 3.54. The first-order valence-electron chi connectivity index (χ1n) is 12.4. The van der Waals surface area contributed by atoms with Gasteiger partial charge in [0.25, 0.3) is 0 Å². The van der Waals surface area contributed by atoms with E-state index in [2.05, 4.69) is 34.9 Å². The van der Waals surface area contributed by atoms with Gasteiger partial charge in [0.2, 0.25) is 0 Å². The number of benzene rings is 1. The molecular weight excluding hydrogens is 434 g/mol. The van der Waals surface area contributed by atoms with E-state index in [4.69, 9.17) is 4.98 Å². The van der Waals surface area contributed by atoms with Gasteiger partial charge in [0.1, 0.15) is 5.82 Å². The molecule has 0 saturated heterocycles. The van der Waals surface area contributed by atoms with Crippen LogP contribution in [0, 0.1) is 0 Å². The Balaban J connectivity index is 0.00000298. The topological polar surface area (TPSA) is 73.6 Å². The molecule has 35 heavy (non-hydrogen) atoms. The number of nitrogens with zero attached hydrogens (tertiary/aromatic N) is 4. The van der Waals surface area contributed by atoms with Crippen molar-refractivity contribution < 1.29 is 5.11 Å². The maximum absolute atomic E-state index is 10.3. The molecule has 0 bridgehead atoms. The first-order valence-corrected chi connectivity index (χ1v) is 12.4. The van der Waals surface area contributed by atoms with Crippen LogP contribution in [0.25, 0.3) is 17.0 Å². The highest BCUT2D eigenvalue weighted by Gasteiger charge is 2.19. The molecule has 2 rings (SSSR count). The fourth-order valence-corrected chi connectivity index (χ4v) is 3.54. The van der Waals surface area contributed by atoms with Gasteiger partial charge in [0.05, 0.1) is 23.4 Å². The Hall–Kier alpha value is -3.25. The Morgan fingerprint density at radius 2 is 2.00 bits per heavy atom. The predicted octanol–water partition coefficient (Wildman–Crippen LogP) is 6.21. The Labute approximate surface area is 212 Å². The van der Waals surface area contributed by atoms with Crippen LogP contribution in [0.2, 0.25) is 0 Å². The molecule has 0 aliphatic carbocycles. The summed E-state index contributed by atoms with van der Waals surface area (Å²) >= 11 is 0. The van der Waals surface area contributed by atoms with Gasteiger partial charge in [-0.15, -0.1) is 0 Å². The van der Waals surface area contributed by atoms with Gasteiger partial charge in [-0.3, -0.25) is 4.99 Å². The molecule has 1 aromatic heterocycles. The van der Waals surface area contributed by atoms with E-state index in [0.717, 1.165) is 40.8 Å². The van der Waals surface area contributed by atoms with E-state index >= 15 is 0 Å². The third-order valence-corrected chi connectivity index (χ3v) is 5.21. The molecule has 0 aliphatic rings. The molecule has 0 radical (unpaired) electrons. The van der Waals surface area contributed by atoms with Crippen molar-refractivity contribution in [3.8, 4) is 11.4 Å². The zero-order valence-corrected chi connectivity index (χ0v) is 22.7. The number of allylic oxidation sites excluding steroid dienone is 4. The molecule has 2 aromatic rings. The first-order chi connectivity index (χ1) is 16.8. The summed E-state index contributed by atoms with van der Waals surface area (Å²) < 4.78 is 0. The number of hydrogen-bond acceptors (Lipinski definition) is 6. The van der Waals surface area contributed by atoms with Crippen molar-refractivity contribution in [3.05, 3.63) is 72.6 Å². The van der Waals surface area contributed by atoms with Crippen LogP contribution in [0.3, 0.4) is 0 Å². The number of aliphatic hydroxyl groups excluding tert-OH is 1. The Kier molecular flexibility index (Phi) is 13.3. The van der Waals surface area contributed by atoms with Crippen molar-refractivity contribution in [2.45, 2.75) is 59.6 Å². The second-order valence-corrected chi connectivity index (χ2v) is 8.18. The molecule has 0 aliphatic heterocycles. The lowest BCUT2D eigenvalue weighted by Gasteiger charge is -2.23. The first kappa shape index (κ1) is 29.8. The van der Waals surface area contributed by atoms with Gasteiger partial charge < -0.3 is 15.3 Å². The molecule has 0 saturated carbocycles. The fraction of sp³-hybridized carbons (Fsp3) is 0.414. The maximum atomic E-state index is 10.3. The van der Waals surface area contributed by atoms with Crippen LogP contribution in [-0.2, 0) is 0 Å². The monoisotopic (exact) mass is 477 g/mol. The largest absolute Gasteiger partial charge is 0.391 e. The summed E-state index contributed by atoms with van der Waals surface area (Å²) in [6.07, 6.45) is 10.8. The van der Waals surface area contributed by atoms with Gasteiger partial charge in [0.15, 0.2) is 5.82 Å². The Morgan fingerprint density at radius 3 is 2.54 bits per heavy atom. The van der Waals surface area contributed by atoms with Crippen molar-refractivity contribution in [1.29, 1.82) is 0 Å². The summed E-state index contributed by atoms with van der Waals surface area (Å²) in [6, 6.07) is 7.98. The molecule has 6 heteroatoms. The minimum absolute atomic E-state index is 0.123. The zero-order chi connectivity index (χ0) is 26.4. The zero-order valence-electron chi connectivity index (χ0n) is 22.7. The van der Waals surface area contributed by atoms with Gasteiger partial charge in [-0.1, -0.05) is 64.1 Å². The van der Waals surface area contributed by atoms with Crippen LogP contribution in [-0.4, -0.2) is 59.0 Å². The highest BCUT2D eigenvalue weighted by Crippen LogP contribution is 2.25. The number of aliphatic hydroxyl groups is 1. The third kappa shape index (κ3) is 8.80. The normalized spacial score (nSPS) is 13.6. The average Bonchev–Trinajstić information content (AvgIpc) is 2.86. The van der Waals surface area contributed by atoms with Crippen LogP contribution in [0.4, 0.5) is 5.82 Å². The number of aromatic nitrogens is 2. The van der Waals surface area contributed by atoms with Crippen molar-refractivity contribution in [2.24, 2.45) is 4.99 Å².